The van der Waals surface area contributed by atoms with Crippen molar-refractivity contribution in [1.29, 1.82) is 0 Å². The monoisotopic (exact) mass is 288 g/mol. The van der Waals surface area contributed by atoms with E-state index < -0.39 is 0 Å². The summed E-state index contributed by atoms with van der Waals surface area (Å²) in [5.74, 6) is 0. The summed E-state index contributed by atoms with van der Waals surface area (Å²) in [6, 6.07) is 6.87. The molecule has 1 fully saturated rings. The molecule has 4 nitrogen and oxygen atoms in total. The molecule has 1 aromatic heterocycles. The topological polar surface area (TPSA) is 42.7 Å². The number of halogens is 2. The highest BCUT2D eigenvalue weighted by molar-refractivity contribution is 5.85. The number of benzene rings is 1. The molecular weight excluding hydrogens is 271 g/mol. The quantitative estimate of drug-likeness (QED) is 0.877. The molecule has 0 atom stereocenters. The second-order valence-electron chi connectivity index (χ2n) is 4.51. The third kappa shape index (κ3) is 2.76. The van der Waals surface area contributed by atoms with E-state index in [2.05, 4.69) is 45.4 Å². The van der Waals surface area contributed by atoms with Gasteiger partial charge in [-0.3, -0.25) is 0 Å². The van der Waals surface area contributed by atoms with Gasteiger partial charge in [0.05, 0.1) is 11.6 Å². The van der Waals surface area contributed by atoms with Gasteiger partial charge in [-0.15, -0.1) is 29.9 Å². The standard InChI is InChI=1S/C12H16N4.2ClH/c1-9-2-3-12-11(8-9)14-15-16(12)10-4-6-13-7-5-10;;/h2-3,8,10,13H,4-7H2,1H3;2*1H. The van der Waals surface area contributed by atoms with Gasteiger partial charge in [-0.2, -0.15) is 0 Å². The van der Waals surface area contributed by atoms with E-state index >= 15 is 0 Å². The van der Waals surface area contributed by atoms with E-state index in [0.717, 1.165) is 37.0 Å². The van der Waals surface area contributed by atoms with Crippen molar-refractivity contribution in [2.45, 2.75) is 25.8 Å². The van der Waals surface area contributed by atoms with Gasteiger partial charge in [0.1, 0.15) is 5.52 Å². The molecule has 6 heteroatoms. The number of hydrogen-bond donors (Lipinski definition) is 1. The van der Waals surface area contributed by atoms with Crippen LogP contribution in [-0.2, 0) is 0 Å². The van der Waals surface area contributed by atoms with E-state index in [1.54, 1.807) is 0 Å². The Hall–Kier alpha value is -0.840. The zero-order valence-electron chi connectivity index (χ0n) is 10.3. The van der Waals surface area contributed by atoms with E-state index in [-0.39, 0.29) is 24.8 Å². The van der Waals surface area contributed by atoms with Crippen molar-refractivity contribution in [1.82, 2.24) is 20.3 Å². The molecule has 1 aliphatic rings. The van der Waals surface area contributed by atoms with Crippen LogP contribution in [0.25, 0.3) is 11.0 Å². The normalized spacial score (nSPS) is 16.1. The van der Waals surface area contributed by atoms with Crippen molar-refractivity contribution in [3.05, 3.63) is 23.8 Å². The van der Waals surface area contributed by atoms with Crippen LogP contribution in [0.5, 0.6) is 0 Å². The lowest BCUT2D eigenvalue weighted by atomic mass is 10.1. The van der Waals surface area contributed by atoms with Crippen LogP contribution in [0.1, 0.15) is 24.4 Å². The lowest BCUT2D eigenvalue weighted by Gasteiger charge is -2.22. The Labute approximate surface area is 119 Å². The molecule has 0 saturated carbocycles. The summed E-state index contributed by atoms with van der Waals surface area (Å²) in [5.41, 5.74) is 3.42. The molecule has 0 aliphatic carbocycles. The fourth-order valence-corrected chi connectivity index (χ4v) is 2.37. The first kappa shape index (κ1) is 15.2. The summed E-state index contributed by atoms with van der Waals surface area (Å²) in [7, 11) is 0. The number of nitrogens with one attached hydrogen (secondary N) is 1. The zero-order chi connectivity index (χ0) is 11.0. The maximum Gasteiger partial charge on any atom is 0.113 e. The minimum atomic E-state index is 0. The average Bonchev–Trinajstić information content (AvgIpc) is 2.73. The third-order valence-corrected chi connectivity index (χ3v) is 3.28. The first-order valence-corrected chi connectivity index (χ1v) is 5.87. The minimum absolute atomic E-state index is 0. The van der Waals surface area contributed by atoms with Gasteiger partial charge in [-0.25, -0.2) is 4.68 Å². The SMILES string of the molecule is Cc1ccc2c(c1)nnn2C1CCNCC1.Cl.Cl. The molecule has 0 unspecified atom stereocenters. The summed E-state index contributed by atoms with van der Waals surface area (Å²) in [4.78, 5) is 0. The van der Waals surface area contributed by atoms with E-state index in [4.69, 9.17) is 0 Å². The summed E-state index contributed by atoms with van der Waals surface area (Å²) in [5, 5.41) is 11.9. The van der Waals surface area contributed by atoms with Gasteiger partial charge < -0.3 is 5.32 Å². The fraction of sp³-hybridized carbons (Fsp3) is 0.500. The second kappa shape index (κ2) is 6.36. The van der Waals surface area contributed by atoms with Crippen molar-refractivity contribution in [3.8, 4) is 0 Å². The van der Waals surface area contributed by atoms with Crippen LogP contribution in [0.4, 0.5) is 0 Å². The number of aryl methyl sites for hydroxylation is 1. The van der Waals surface area contributed by atoms with Crippen molar-refractivity contribution in [3.63, 3.8) is 0 Å². The molecule has 100 valence electrons. The highest BCUT2D eigenvalue weighted by Gasteiger charge is 2.18. The first-order valence-electron chi connectivity index (χ1n) is 5.87. The molecule has 2 aromatic rings. The molecule has 1 saturated heterocycles. The number of aromatic nitrogens is 3. The Morgan fingerprint density at radius 3 is 2.67 bits per heavy atom. The van der Waals surface area contributed by atoms with Crippen molar-refractivity contribution < 1.29 is 0 Å². The Balaban J connectivity index is 0.000000810. The molecular formula is C12H18Cl2N4. The summed E-state index contributed by atoms with van der Waals surface area (Å²) >= 11 is 0. The second-order valence-corrected chi connectivity index (χ2v) is 4.51. The summed E-state index contributed by atoms with van der Waals surface area (Å²) < 4.78 is 2.09. The number of rotatable bonds is 1. The van der Waals surface area contributed by atoms with Crippen molar-refractivity contribution in [2.24, 2.45) is 0 Å². The van der Waals surface area contributed by atoms with Crippen LogP contribution in [-0.4, -0.2) is 28.1 Å². The van der Waals surface area contributed by atoms with Crippen LogP contribution >= 0.6 is 24.8 Å². The lowest BCUT2D eigenvalue weighted by molar-refractivity contribution is 0.345. The van der Waals surface area contributed by atoms with Gasteiger partial charge in [-0.1, -0.05) is 11.3 Å². The number of hydrogen-bond acceptors (Lipinski definition) is 3. The summed E-state index contributed by atoms with van der Waals surface area (Å²) in [6.07, 6.45) is 2.29. The van der Waals surface area contributed by atoms with Crippen LogP contribution < -0.4 is 5.32 Å². The number of nitrogens with zero attached hydrogens (tertiary/aromatic N) is 3. The average molecular weight is 289 g/mol. The highest BCUT2D eigenvalue weighted by Crippen LogP contribution is 2.22. The third-order valence-electron chi connectivity index (χ3n) is 3.28. The maximum absolute atomic E-state index is 4.30. The lowest BCUT2D eigenvalue weighted by Crippen LogP contribution is -2.29. The molecule has 18 heavy (non-hydrogen) atoms. The van der Waals surface area contributed by atoms with E-state index in [0.29, 0.717) is 6.04 Å². The number of piperidine rings is 1. The Morgan fingerprint density at radius 1 is 1.22 bits per heavy atom. The van der Waals surface area contributed by atoms with Crippen LogP contribution in [0.2, 0.25) is 0 Å². The molecule has 3 rings (SSSR count). The molecule has 0 bridgehead atoms. The smallest absolute Gasteiger partial charge is 0.113 e. The van der Waals surface area contributed by atoms with Crippen molar-refractivity contribution in [2.75, 3.05) is 13.1 Å². The molecule has 2 heterocycles. The van der Waals surface area contributed by atoms with Gasteiger partial charge in [0.25, 0.3) is 0 Å². The predicted octanol–water partition coefficient (Wildman–Crippen LogP) is 2.51. The highest BCUT2D eigenvalue weighted by atomic mass is 35.5. The zero-order valence-corrected chi connectivity index (χ0v) is 11.9. The van der Waals surface area contributed by atoms with E-state index in [9.17, 15) is 0 Å². The van der Waals surface area contributed by atoms with Gasteiger partial charge in [0, 0.05) is 0 Å². The first-order chi connectivity index (χ1) is 7.84. The Bertz CT molecular complexity index is 506. The van der Waals surface area contributed by atoms with Gasteiger partial charge in [-0.05, 0) is 50.6 Å². The van der Waals surface area contributed by atoms with Gasteiger partial charge >= 0.3 is 0 Å². The largest absolute Gasteiger partial charge is 0.317 e. The minimum Gasteiger partial charge on any atom is -0.317 e. The predicted molar refractivity (Wildman–Crippen MR) is 77.9 cm³/mol. The molecule has 0 amide bonds. The van der Waals surface area contributed by atoms with Gasteiger partial charge in [0.2, 0.25) is 0 Å². The van der Waals surface area contributed by atoms with Crippen LogP contribution in [0.15, 0.2) is 18.2 Å². The molecule has 1 aliphatic heterocycles. The van der Waals surface area contributed by atoms with Crippen molar-refractivity contribution >= 4 is 35.8 Å². The molecule has 1 aromatic carbocycles. The fourth-order valence-electron chi connectivity index (χ4n) is 2.37. The maximum atomic E-state index is 4.30. The van der Waals surface area contributed by atoms with Crippen LogP contribution in [0, 0.1) is 6.92 Å². The Kier molecular flexibility index (Phi) is 5.38. The van der Waals surface area contributed by atoms with E-state index in [1.165, 1.54) is 5.56 Å². The summed E-state index contributed by atoms with van der Waals surface area (Å²) in [6.45, 7) is 4.25. The van der Waals surface area contributed by atoms with Crippen LogP contribution in [0.3, 0.4) is 0 Å². The number of fused-ring (bicyclic) bond motifs is 1. The van der Waals surface area contributed by atoms with E-state index in [1.807, 2.05) is 0 Å². The molecule has 0 radical (unpaired) electrons. The van der Waals surface area contributed by atoms with Gasteiger partial charge in [0.15, 0.2) is 0 Å². The molecule has 1 N–H and O–H groups in total. The Morgan fingerprint density at radius 2 is 1.94 bits per heavy atom. The molecule has 0 spiro atoms.